The molecule has 35 heavy (non-hydrogen) atoms. The molecule has 184 valence electrons. The van der Waals surface area contributed by atoms with Gasteiger partial charge in [-0.25, -0.2) is 13.8 Å². The summed E-state index contributed by atoms with van der Waals surface area (Å²) < 4.78 is 30.1. The minimum absolute atomic E-state index is 0.0892. The summed E-state index contributed by atoms with van der Waals surface area (Å²) in [4.78, 5) is 35.3. The van der Waals surface area contributed by atoms with Crippen molar-refractivity contribution in [2.75, 3.05) is 31.1 Å². The van der Waals surface area contributed by atoms with Crippen LogP contribution in [-0.2, 0) is 6.54 Å². The maximum Gasteiger partial charge on any atom is 0.269 e. The van der Waals surface area contributed by atoms with Crippen molar-refractivity contribution in [2.24, 2.45) is 0 Å². The molecule has 1 saturated carbocycles. The largest absolute Gasteiger partial charge is 0.369 e. The van der Waals surface area contributed by atoms with Gasteiger partial charge in [0, 0.05) is 55.6 Å². The summed E-state index contributed by atoms with van der Waals surface area (Å²) in [6.07, 6.45) is 3.00. The number of amides is 1. The van der Waals surface area contributed by atoms with Crippen molar-refractivity contribution in [3.8, 4) is 0 Å². The average molecular weight is 482 g/mol. The Labute approximate surface area is 202 Å². The highest BCUT2D eigenvalue weighted by Gasteiger charge is 2.25. The number of aromatic nitrogens is 2. The van der Waals surface area contributed by atoms with E-state index in [1.54, 1.807) is 32.0 Å². The summed E-state index contributed by atoms with van der Waals surface area (Å²) >= 11 is 0. The molecule has 2 aliphatic rings. The van der Waals surface area contributed by atoms with E-state index < -0.39 is 17.2 Å². The van der Waals surface area contributed by atoms with E-state index in [0.717, 1.165) is 24.9 Å². The van der Waals surface area contributed by atoms with Crippen LogP contribution < -0.4 is 15.8 Å². The molecule has 9 heteroatoms. The van der Waals surface area contributed by atoms with E-state index in [1.807, 2.05) is 6.07 Å². The molecule has 2 heterocycles. The number of nitrogens with one attached hydrogen (secondary N) is 2. The van der Waals surface area contributed by atoms with Gasteiger partial charge in [-0.15, -0.1) is 0 Å². The van der Waals surface area contributed by atoms with E-state index in [9.17, 15) is 9.59 Å². The Morgan fingerprint density at radius 2 is 1.83 bits per heavy atom. The van der Waals surface area contributed by atoms with Gasteiger partial charge in [-0.1, -0.05) is 6.07 Å². The molecular formula is C26H29F2N5O2. The lowest BCUT2D eigenvalue weighted by Crippen LogP contribution is -2.46. The zero-order valence-corrected chi connectivity index (χ0v) is 20.0. The number of fused-ring (bicyclic) bond motifs is 1. The standard InChI is InChI=1S/C26H29F2N5O2/c1-15-21(9-7-19(22(15)27)26(35)30-18-4-3-5-18)33-12-10-32(11-13-33)14-17-6-8-20-24(23(17)28)31-25(34)16(2)29-20/h6-9,18H,3-5,10-14H2,1-2H3,(H,30,35)(H,31,34). The topological polar surface area (TPSA) is 81.3 Å². The Morgan fingerprint density at radius 3 is 2.51 bits per heavy atom. The monoisotopic (exact) mass is 481 g/mol. The molecule has 2 aromatic carbocycles. The fourth-order valence-corrected chi connectivity index (χ4v) is 4.77. The summed E-state index contributed by atoms with van der Waals surface area (Å²) in [6, 6.07) is 6.98. The van der Waals surface area contributed by atoms with Crippen LogP contribution >= 0.6 is 0 Å². The van der Waals surface area contributed by atoms with Gasteiger partial charge in [-0.05, 0) is 51.3 Å². The number of piperazine rings is 1. The van der Waals surface area contributed by atoms with E-state index in [-0.39, 0.29) is 23.0 Å². The molecule has 2 N–H and O–H groups in total. The number of halogens is 2. The van der Waals surface area contributed by atoms with Gasteiger partial charge in [0.15, 0.2) is 5.82 Å². The van der Waals surface area contributed by atoms with Gasteiger partial charge >= 0.3 is 0 Å². The van der Waals surface area contributed by atoms with Crippen LogP contribution in [-0.4, -0.2) is 53.0 Å². The summed E-state index contributed by atoms with van der Waals surface area (Å²) in [6.45, 7) is 6.35. The second-order valence-electron chi connectivity index (χ2n) is 9.52. The first-order valence-corrected chi connectivity index (χ1v) is 12.1. The quantitative estimate of drug-likeness (QED) is 0.584. The fourth-order valence-electron chi connectivity index (χ4n) is 4.77. The number of carbonyl (C=O) groups excluding carboxylic acids is 1. The molecule has 0 bridgehead atoms. The van der Waals surface area contributed by atoms with Crippen molar-refractivity contribution in [3.63, 3.8) is 0 Å². The molecule has 5 rings (SSSR count). The lowest BCUT2D eigenvalue weighted by molar-refractivity contribution is 0.0912. The molecule has 0 spiro atoms. The third-order valence-electron chi connectivity index (χ3n) is 7.20. The van der Waals surface area contributed by atoms with E-state index in [2.05, 4.69) is 25.1 Å². The van der Waals surface area contributed by atoms with Gasteiger partial charge in [-0.2, -0.15) is 0 Å². The van der Waals surface area contributed by atoms with E-state index in [4.69, 9.17) is 0 Å². The SMILES string of the molecule is Cc1c(N2CCN(Cc3ccc4nc(C)c(=O)[nH]c4c3F)CC2)ccc(C(=O)NC2CCC2)c1F. The van der Waals surface area contributed by atoms with E-state index >= 15 is 8.78 Å². The number of carbonyl (C=O) groups is 1. The number of anilines is 1. The average Bonchev–Trinajstić information content (AvgIpc) is 2.82. The lowest BCUT2D eigenvalue weighted by atomic mass is 9.93. The van der Waals surface area contributed by atoms with E-state index in [1.165, 1.54) is 0 Å². The second-order valence-corrected chi connectivity index (χ2v) is 9.52. The Bertz CT molecular complexity index is 1340. The number of aromatic amines is 1. The molecule has 1 saturated heterocycles. The number of rotatable bonds is 5. The molecule has 1 aliphatic heterocycles. The predicted octanol–water partition coefficient (Wildman–Crippen LogP) is 3.42. The van der Waals surface area contributed by atoms with Crippen molar-refractivity contribution < 1.29 is 13.6 Å². The maximum atomic E-state index is 15.1. The van der Waals surface area contributed by atoms with Crippen LogP contribution in [0, 0.1) is 25.5 Å². The van der Waals surface area contributed by atoms with Gasteiger partial charge < -0.3 is 15.2 Å². The Kier molecular flexibility index (Phi) is 6.27. The van der Waals surface area contributed by atoms with Crippen LogP contribution in [0.25, 0.3) is 11.0 Å². The minimum atomic E-state index is -0.474. The van der Waals surface area contributed by atoms with Crippen LogP contribution in [0.3, 0.4) is 0 Å². The highest BCUT2D eigenvalue weighted by Crippen LogP contribution is 2.28. The normalized spacial score (nSPS) is 17.0. The highest BCUT2D eigenvalue weighted by molar-refractivity contribution is 5.95. The number of benzene rings is 2. The lowest BCUT2D eigenvalue weighted by Gasteiger charge is -2.37. The van der Waals surface area contributed by atoms with Crippen LogP contribution in [0.1, 0.15) is 46.4 Å². The van der Waals surface area contributed by atoms with Crippen molar-refractivity contribution in [2.45, 2.75) is 45.7 Å². The van der Waals surface area contributed by atoms with Gasteiger partial charge in [0.2, 0.25) is 0 Å². The number of hydrogen-bond donors (Lipinski definition) is 2. The van der Waals surface area contributed by atoms with Crippen molar-refractivity contribution >= 4 is 22.6 Å². The molecule has 1 aliphatic carbocycles. The van der Waals surface area contributed by atoms with Crippen molar-refractivity contribution in [1.29, 1.82) is 0 Å². The Hall–Kier alpha value is -3.33. The predicted molar refractivity (Wildman–Crippen MR) is 131 cm³/mol. The van der Waals surface area contributed by atoms with Crippen molar-refractivity contribution in [1.82, 2.24) is 20.2 Å². The van der Waals surface area contributed by atoms with Gasteiger partial charge in [-0.3, -0.25) is 14.5 Å². The summed E-state index contributed by atoms with van der Waals surface area (Å²) in [7, 11) is 0. The fraction of sp³-hybridized carbons (Fsp3) is 0.423. The first-order chi connectivity index (χ1) is 16.8. The zero-order chi connectivity index (χ0) is 24.7. The smallest absolute Gasteiger partial charge is 0.269 e. The zero-order valence-electron chi connectivity index (χ0n) is 20.0. The number of hydrogen-bond acceptors (Lipinski definition) is 5. The first-order valence-electron chi connectivity index (χ1n) is 12.1. The number of nitrogens with zero attached hydrogens (tertiary/aromatic N) is 3. The molecule has 7 nitrogen and oxygen atoms in total. The summed E-state index contributed by atoms with van der Waals surface area (Å²) in [5.41, 5.74) is 2.29. The molecule has 0 unspecified atom stereocenters. The van der Waals surface area contributed by atoms with Gasteiger partial charge in [0.1, 0.15) is 17.0 Å². The molecule has 1 amide bonds. The van der Waals surface area contributed by atoms with Crippen molar-refractivity contribution in [3.05, 3.63) is 68.6 Å². The van der Waals surface area contributed by atoms with Crippen LogP contribution in [0.2, 0.25) is 0 Å². The van der Waals surface area contributed by atoms with E-state index in [0.29, 0.717) is 55.1 Å². The molecule has 0 atom stereocenters. The minimum Gasteiger partial charge on any atom is -0.369 e. The second kappa shape index (κ2) is 9.37. The number of H-pyrrole nitrogens is 1. The Balaban J connectivity index is 1.25. The molecule has 0 radical (unpaired) electrons. The highest BCUT2D eigenvalue weighted by atomic mass is 19.1. The van der Waals surface area contributed by atoms with Gasteiger partial charge in [0.05, 0.1) is 11.1 Å². The molecule has 3 aromatic rings. The third-order valence-corrected chi connectivity index (χ3v) is 7.20. The maximum absolute atomic E-state index is 15.1. The first kappa shape index (κ1) is 23.4. The van der Waals surface area contributed by atoms with Crippen LogP contribution in [0.5, 0.6) is 0 Å². The van der Waals surface area contributed by atoms with Crippen LogP contribution in [0.4, 0.5) is 14.5 Å². The van der Waals surface area contributed by atoms with Gasteiger partial charge in [0.25, 0.3) is 11.5 Å². The molecular weight excluding hydrogens is 452 g/mol. The molecule has 1 aromatic heterocycles. The van der Waals surface area contributed by atoms with Crippen LogP contribution in [0.15, 0.2) is 29.1 Å². The Morgan fingerprint density at radius 1 is 1.09 bits per heavy atom. The number of aryl methyl sites for hydroxylation is 1. The third kappa shape index (κ3) is 4.52. The molecule has 2 fully saturated rings. The summed E-state index contributed by atoms with van der Waals surface area (Å²) in [5, 5.41) is 2.90. The summed E-state index contributed by atoms with van der Waals surface area (Å²) in [5.74, 6) is -1.28.